The lowest BCUT2D eigenvalue weighted by atomic mass is 10.1. The smallest absolute Gasteiger partial charge is 0.234 e. The highest BCUT2D eigenvalue weighted by molar-refractivity contribution is 5.78. The van der Waals surface area contributed by atoms with Gasteiger partial charge in [-0.15, -0.1) is 0 Å². The summed E-state index contributed by atoms with van der Waals surface area (Å²) in [5.74, 6) is 0.0120. The molecule has 0 saturated heterocycles. The summed E-state index contributed by atoms with van der Waals surface area (Å²) in [6, 6.07) is 4.15. The fourth-order valence-electron chi connectivity index (χ4n) is 1.32. The molecule has 1 atom stereocenters. The topological polar surface area (TPSA) is 54.0 Å². The quantitative estimate of drug-likeness (QED) is 0.787. The molecule has 1 amide bonds. The molecule has 1 aromatic heterocycles. The van der Waals surface area contributed by atoms with Crippen molar-refractivity contribution in [2.45, 2.75) is 32.9 Å². The maximum absolute atomic E-state index is 11.5. The van der Waals surface area contributed by atoms with Gasteiger partial charge in [0, 0.05) is 18.4 Å². The fourth-order valence-corrected chi connectivity index (χ4v) is 1.32. The van der Waals surface area contributed by atoms with Crippen molar-refractivity contribution < 1.29 is 4.79 Å². The van der Waals surface area contributed by atoms with E-state index in [0.29, 0.717) is 12.6 Å². The normalized spacial score (nSPS) is 12.5. The minimum atomic E-state index is 0.0120. The van der Waals surface area contributed by atoms with Gasteiger partial charge in [-0.1, -0.05) is 13.8 Å². The third kappa shape index (κ3) is 4.40. The highest BCUT2D eigenvalue weighted by atomic mass is 16.1. The lowest BCUT2D eigenvalue weighted by Gasteiger charge is -2.15. The average molecular weight is 221 g/mol. The lowest BCUT2D eigenvalue weighted by molar-refractivity contribution is -0.121. The molecule has 0 aliphatic carbocycles. The van der Waals surface area contributed by atoms with Crippen LogP contribution in [-0.2, 0) is 4.79 Å². The predicted molar refractivity (Wildman–Crippen MR) is 63.9 cm³/mol. The Morgan fingerprint density at radius 2 is 1.94 bits per heavy atom. The molecule has 0 aromatic carbocycles. The summed E-state index contributed by atoms with van der Waals surface area (Å²) in [6.07, 6.45) is 3.45. The molecule has 1 heterocycles. The van der Waals surface area contributed by atoms with E-state index in [9.17, 15) is 4.79 Å². The Hall–Kier alpha value is -1.42. The summed E-state index contributed by atoms with van der Waals surface area (Å²) in [4.78, 5) is 15.5. The van der Waals surface area contributed by atoms with Crippen LogP contribution in [0.15, 0.2) is 24.5 Å². The Balaban J connectivity index is 2.40. The van der Waals surface area contributed by atoms with Crippen LogP contribution in [0.4, 0.5) is 0 Å². The van der Waals surface area contributed by atoms with Gasteiger partial charge in [-0.05, 0) is 24.6 Å². The van der Waals surface area contributed by atoms with E-state index >= 15 is 0 Å². The Bertz CT molecular complexity index is 324. The summed E-state index contributed by atoms with van der Waals surface area (Å²) in [6.45, 7) is 6.34. The Morgan fingerprint density at radius 3 is 2.50 bits per heavy atom. The second-order valence-electron chi connectivity index (χ2n) is 4.11. The Morgan fingerprint density at radius 1 is 1.31 bits per heavy atom. The summed E-state index contributed by atoms with van der Waals surface area (Å²) in [7, 11) is 0. The molecule has 0 spiro atoms. The second-order valence-corrected chi connectivity index (χ2v) is 4.11. The van der Waals surface area contributed by atoms with Crippen molar-refractivity contribution in [2.75, 3.05) is 6.54 Å². The van der Waals surface area contributed by atoms with Gasteiger partial charge in [0.1, 0.15) is 0 Å². The molecule has 1 rings (SSSR count). The van der Waals surface area contributed by atoms with Crippen LogP contribution in [0, 0.1) is 0 Å². The van der Waals surface area contributed by atoms with Gasteiger partial charge in [0.15, 0.2) is 0 Å². The van der Waals surface area contributed by atoms with Crippen LogP contribution in [0.3, 0.4) is 0 Å². The van der Waals surface area contributed by atoms with E-state index in [1.165, 1.54) is 0 Å². The number of pyridine rings is 1. The van der Waals surface area contributed by atoms with E-state index in [4.69, 9.17) is 0 Å². The summed E-state index contributed by atoms with van der Waals surface area (Å²) >= 11 is 0. The van der Waals surface area contributed by atoms with Crippen LogP contribution in [0.5, 0.6) is 0 Å². The average Bonchev–Trinajstić information content (AvgIpc) is 2.27. The first-order valence-electron chi connectivity index (χ1n) is 5.52. The molecule has 4 nitrogen and oxygen atoms in total. The van der Waals surface area contributed by atoms with E-state index in [1.54, 1.807) is 12.4 Å². The van der Waals surface area contributed by atoms with Crippen LogP contribution < -0.4 is 10.6 Å². The number of hydrogen-bond acceptors (Lipinski definition) is 3. The van der Waals surface area contributed by atoms with Crippen molar-refractivity contribution in [2.24, 2.45) is 0 Å². The lowest BCUT2D eigenvalue weighted by Crippen LogP contribution is -2.37. The molecule has 0 unspecified atom stereocenters. The molecule has 4 heteroatoms. The van der Waals surface area contributed by atoms with E-state index in [0.717, 1.165) is 5.56 Å². The monoisotopic (exact) mass is 221 g/mol. The van der Waals surface area contributed by atoms with Crippen molar-refractivity contribution in [1.82, 2.24) is 15.6 Å². The van der Waals surface area contributed by atoms with Gasteiger partial charge in [-0.25, -0.2) is 0 Å². The van der Waals surface area contributed by atoms with E-state index < -0.39 is 0 Å². The number of rotatable bonds is 5. The molecule has 16 heavy (non-hydrogen) atoms. The number of carbonyl (C=O) groups excluding carboxylic acids is 1. The highest BCUT2D eigenvalue weighted by Crippen LogP contribution is 2.09. The molecular weight excluding hydrogens is 202 g/mol. The van der Waals surface area contributed by atoms with Crippen molar-refractivity contribution in [3.63, 3.8) is 0 Å². The highest BCUT2D eigenvalue weighted by Gasteiger charge is 2.08. The van der Waals surface area contributed by atoms with Gasteiger partial charge in [-0.3, -0.25) is 9.78 Å². The Kier molecular flexibility index (Phi) is 4.92. The van der Waals surface area contributed by atoms with Crippen LogP contribution in [0.1, 0.15) is 32.4 Å². The van der Waals surface area contributed by atoms with Crippen molar-refractivity contribution in [3.05, 3.63) is 30.1 Å². The van der Waals surface area contributed by atoms with Crippen molar-refractivity contribution in [3.8, 4) is 0 Å². The van der Waals surface area contributed by atoms with E-state index in [1.807, 2.05) is 32.9 Å². The third-order valence-corrected chi connectivity index (χ3v) is 2.25. The third-order valence-electron chi connectivity index (χ3n) is 2.25. The van der Waals surface area contributed by atoms with Crippen LogP contribution >= 0.6 is 0 Å². The minimum Gasteiger partial charge on any atom is -0.348 e. The molecule has 0 aliphatic rings. The largest absolute Gasteiger partial charge is 0.348 e. The van der Waals surface area contributed by atoms with Crippen molar-refractivity contribution in [1.29, 1.82) is 0 Å². The molecule has 0 fully saturated rings. The molecule has 88 valence electrons. The first kappa shape index (κ1) is 12.6. The molecule has 2 N–H and O–H groups in total. The van der Waals surface area contributed by atoms with Gasteiger partial charge in [-0.2, -0.15) is 0 Å². The van der Waals surface area contributed by atoms with Gasteiger partial charge < -0.3 is 10.6 Å². The van der Waals surface area contributed by atoms with Crippen molar-refractivity contribution >= 4 is 5.91 Å². The zero-order chi connectivity index (χ0) is 12.0. The van der Waals surface area contributed by atoms with Crippen LogP contribution in [0.25, 0.3) is 0 Å². The van der Waals surface area contributed by atoms with Crippen LogP contribution in [0.2, 0.25) is 0 Å². The maximum atomic E-state index is 11.5. The van der Waals surface area contributed by atoms with Crippen LogP contribution in [-0.4, -0.2) is 23.5 Å². The number of carbonyl (C=O) groups is 1. The zero-order valence-corrected chi connectivity index (χ0v) is 10.0. The molecule has 0 bridgehead atoms. The first-order valence-corrected chi connectivity index (χ1v) is 5.52. The van der Waals surface area contributed by atoms with Gasteiger partial charge >= 0.3 is 0 Å². The van der Waals surface area contributed by atoms with Gasteiger partial charge in [0.05, 0.1) is 12.6 Å². The predicted octanol–water partition coefficient (Wildman–Crippen LogP) is 1.26. The fraction of sp³-hybridized carbons (Fsp3) is 0.500. The minimum absolute atomic E-state index is 0.0120. The first-order chi connectivity index (χ1) is 7.59. The number of nitrogens with zero attached hydrogens (tertiary/aromatic N) is 1. The zero-order valence-electron chi connectivity index (χ0n) is 10.0. The number of aromatic nitrogens is 1. The molecular formula is C12H19N3O. The second kappa shape index (κ2) is 6.23. The van der Waals surface area contributed by atoms with Gasteiger partial charge in [0.25, 0.3) is 0 Å². The van der Waals surface area contributed by atoms with Gasteiger partial charge in [0.2, 0.25) is 5.91 Å². The Labute approximate surface area is 96.5 Å². The summed E-state index contributed by atoms with van der Waals surface area (Å²) in [5.41, 5.74) is 1.06. The number of nitrogens with one attached hydrogen (secondary N) is 2. The maximum Gasteiger partial charge on any atom is 0.234 e. The summed E-state index contributed by atoms with van der Waals surface area (Å²) in [5, 5.41) is 6.00. The summed E-state index contributed by atoms with van der Waals surface area (Å²) < 4.78 is 0. The SMILES string of the molecule is CC(C)NCC(=O)N[C@@H](C)c1ccncc1. The molecule has 0 radical (unpaired) electrons. The van der Waals surface area contributed by atoms with E-state index in [-0.39, 0.29) is 11.9 Å². The standard InChI is InChI=1S/C12H19N3O/c1-9(2)14-8-12(16)15-10(3)11-4-6-13-7-5-11/h4-7,9-10,14H,8H2,1-3H3,(H,15,16)/t10-/m0/s1. The molecule has 0 saturated carbocycles. The number of hydrogen-bond donors (Lipinski definition) is 2. The molecule has 0 aliphatic heterocycles. The molecule has 1 aromatic rings. The number of amides is 1. The van der Waals surface area contributed by atoms with E-state index in [2.05, 4.69) is 15.6 Å².